The average molecular weight is 226 g/mol. The standard InChI is InChI=1S/C15H14O2/c1-11(13-9-5-6-10-14(13)16)15(17)12-7-3-2-4-8-12/h2-10,15-17H,1H2. The van der Waals surface area contributed by atoms with Gasteiger partial charge in [-0.1, -0.05) is 55.1 Å². The smallest absolute Gasteiger partial charge is 0.123 e. The van der Waals surface area contributed by atoms with Crippen molar-refractivity contribution in [3.05, 3.63) is 72.3 Å². The van der Waals surface area contributed by atoms with E-state index in [1.54, 1.807) is 24.3 Å². The molecule has 0 aliphatic rings. The minimum absolute atomic E-state index is 0.132. The second-order valence-corrected chi connectivity index (χ2v) is 3.86. The van der Waals surface area contributed by atoms with Crippen LogP contribution in [0.4, 0.5) is 0 Å². The maximum Gasteiger partial charge on any atom is 0.123 e. The van der Waals surface area contributed by atoms with E-state index >= 15 is 0 Å². The molecule has 0 bridgehead atoms. The first-order valence-corrected chi connectivity index (χ1v) is 5.40. The van der Waals surface area contributed by atoms with Gasteiger partial charge in [-0.05, 0) is 17.2 Å². The molecule has 0 fully saturated rings. The summed E-state index contributed by atoms with van der Waals surface area (Å²) in [5.74, 6) is 0.132. The van der Waals surface area contributed by atoms with Gasteiger partial charge >= 0.3 is 0 Å². The molecule has 0 spiro atoms. The van der Waals surface area contributed by atoms with Gasteiger partial charge in [0.1, 0.15) is 11.9 Å². The van der Waals surface area contributed by atoms with Gasteiger partial charge in [0.05, 0.1) is 0 Å². The highest BCUT2D eigenvalue weighted by atomic mass is 16.3. The van der Waals surface area contributed by atoms with Crippen LogP contribution in [0.3, 0.4) is 0 Å². The molecule has 0 aliphatic carbocycles. The Morgan fingerprint density at radius 1 is 0.941 bits per heavy atom. The van der Waals surface area contributed by atoms with Gasteiger partial charge in [-0.3, -0.25) is 0 Å². The molecule has 0 aliphatic heterocycles. The minimum Gasteiger partial charge on any atom is -0.507 e. The topological polar surface area (TPSA) is 40.5 Å². The maximum absolute atomic E-state index is 10.2. The highest BCUT2D eigenvalue weighted by Crippen LogP contribution is 2.32. The molecular formula is C15H14O2. The van der Waals surface area contributed by atoms with Gasteiger partial charge in [0.25, 0.3) is 0 Å². The first-order valence-electron chi connectivity index (χ1n) is 5.40. The van der Waals surface area contributed by atoms with Crippen molar-refractivity contribution in [2.24, 2.45) is 0 Å². The Kier molecular flexibility index (Phi) is 3.26. The second-order valence-electron chi connectivity index (χ2n) is 3.86. The summed E-state index contributed by atoms with van der Waals surface area (Å²) in [6, 6.07) is 16.1. The third-order valence-electron chi connectivity index (χ3n) is 2.70. The highest BCUT2D eigenvalue weighted by Gasteiger charge is 2.15. The van der Waals surface area contributed by atoms with E-state index in [0.29, 0.717) is 11.1 Å². The Balaban J connectivity index is 2.30. The molecular weight excluding hydrogens is 212 g/mol. The second kappa shape index (κ2) is 4.85. The van der Waals surface area contributed by atoms with E-state index in [-0.39, 0.29) is 5.75 Å². The average Bonchev–Trinajstić information content (AvgIpc) is 2.39. The van der Waals surface area contributed by atoms with Crippen molar-refractivity contribution in [2.45, 2.75) is 6.10 Å². The number of benzene rings is 2. The fourth-order valence-corrected chi connectivity index (χ4v) is 1.73. The lowest BCUT2D eigenvalue weighted by Crippen LogP contribution is -1.99. The quantitative estimate of drug-likeness (QED) is 0.844. The molecule has 1 atom stereocenters. The van der Waals surface area contributed by atoms with Gasteiger partial charge in [-0.2, -0.15) is 0 Å². The molecule has 2 nitrogen and oxygen atoms in total. The van der Waals surface area contributed by atoms with Crippen molar-refractivity contribution >= 4 is 5.57 Å². The van der Waals surface area contributed by atoms with Crippen molar-refractivity contribution in [1.82, 2.24) is 0 Å². The Morgan fingerprint density at radius 2 is 1.53 bits per heavy atom. The zero-order chi connectivity index (χ0) is 12.3. The van der Waals surface area contributed by atoms with Crippen LogP contribution in [0.2, 0.25) is 0 Å². The van der Waals surface area contributed by atoms with Crippen molar-refractivity contribution in [1.29, 1.82) is 0 Å². The molecule has 0 aromatic heterocycles. The van der Waals surface area contributed by atoms with Gasteiger partial charge in [0, 0.05) is 5.56 Å². The van der Waals surface area contributed by atoms with E-state index in [0.717, 1.165) is 5.56 Å². The number of aliphatic hydroxyl groups excluding tert-OH is 1. The van der Waals surface area contributed by atoms with Crippen LogP contribution in [0.5, 0.6) is 5.75 Å². The summed E-state index contributed by atoms with van der Waals surface area (Å²) >= 11 is 0. The van der Waals surface area contributed by atoms with Crippen LogP contribution in [-0.2, 0) is 0 Å². The Bertz CT molecular complexity index is 517. The van der Waals surface area contributed by atoms with E-state index in [1.807, 2.05) is 30.3 Å². The van der Waals surface area contributed by atoms with Crippen LogP contribution >= 0.6 is 0 Å². The number of rotatable bonds is 3. The molecule has 0 saturated heterocycles. The molecule has 2 N–H and O–H groups in total. The number of phenols is 1. The third-order valence-corrected chi connectivity index (χ3v) is 2.70. The first-order chi connectivity index (χ1) is 8.20. The lowest BCUT2D eigenvalue weighted by Gasteiger charge is -2.15. The fraction of sp³-hybridized carbons (Fsp3) is 0.0667. The largest absolute Gasteiger partial charge is 0.507 e. The zero-order valence-electron chi connectivity index (χ0n) is 9.38. The van der Waals surface area contributed by atoms with Gasteiger partial charge < -0.3 is 10.2 Å². The highest BCUT2D eigenvalue weighted by molar-refractivity contribution is 5.72. The number of aliphatic hydroxyl groups is 1. The Labute approximate surface area is 100 Å². The molecule has 1 unspecified atom stereocenters. The van der Waals surface area contributed by atoms with Crippen LogP contribution in [0.15, 0.2) is 61.2 Å². The monoisotopic (exact) mass is 226 g/mol. The van der Waals surface area contributed by atoms with Crippen molar-refractivity contribution in [3.8, 4) is 5.75 Å². The van der Waals surface area contributed by atoms with Crippen molar-refractivity contribution in [2.75, 3.05) is 0 Å². The molecule has 17 heavy (non-hydrogen) atoms. The van der Waals surface area contributed by atoms with Gasteiger partial charge in [-0.25, -0.2) is 0 Å². The van der Waals surface area contributed by atoms with Gasteiger partial charge in [0.2, 0.25) is 0 Å². The summed E-state index contributed by atoms with van der Waals surface area (Å²) in [6.45, 7) is 3.85. The summed E-state index contributed by atoms with van der Waals surface area (Å²) in [5, 5.41) is 19.9. The molecule has 0 heterocycles. The van der Waals surface area contributed by atoms with Crippen LogP contribution in [0, 0.1) is 0 Å². The number of para-hydroxylation sites is 1. The summed E-state index contributed by atoms with van der Waals surface area (Å²) in [5.41, 5.74) is 1.83. The number of hydrogen-bond donors (Lipinski definition) is 2. The van der Waals surface area contributed by atoms with E-state index in [4.69, 9.17) is 0 Å². The normalized spacial score (nSPS) is 12.1. The van der Waals surface area contributed by atoms with Crippen LogP contribution < -0.4 is 0 Å². The Morgan fingerprint density at radius 3 is 2.18 bits per heavy atom. The van der Waals surface area contributed by atoms with E-state index in [9.17, 15) is 10.2 Å². The molecule has 2 heteroatoms. The van der Waals surface area contributed by atoms with Crippen LogP contribution in [-0.4, -0.2) is 10.2 Å². The molecule has 0 saturated carbocycles. The predicted octanol–water partition coefficient (Wildman–Crippen LogP) is 3.14. The summed E-state index contributed by atoms with van der Waals surface area (Å²) in [6.07, 6.45) is -0.801. The van der Waals surface area contributed by atoms with Gasteiger partial charge in [0.15, 0.2) is 0 Å². The van der Waals surface area contributed by atoms with Gasteiger partial charge in [-0.15, -0.1) is 0 Å². The molecule has 2 aromatic rings. The van der Waals surface area contributed by atoms with E-state index < -0.39 is 6.10 Å². The van der Waals surface area contributed by atoms with Crippen LogP contribution in [0.1, 0.15) is 17.2 Å². The van der Waals surface area contributed by atoms with E-state index in [2.05, 4.69) is 6.58 Å². The lowest BCUT2D eigenvalue weighted by atomic mass is 9.96. The number of hydrogen-bond acceptors (Lipinski definition) is 2. The third kappa shape index (κ3) is 2.37. The maximum atomic E-state index is 10.2. The number of phenolic OH excluding ortho intramolecular Hbond substituents is 1. The first kappa shape index (κ1) is 11.4. The molecule has 2 aromatic carbocycles. The lowest BCUT2D eigenvalue weighted by molar-refractivity contribution is 0.238. The summed E-state index contributed by atoms with van der Waals surface area (Å²) in [7, 11) is 0. The van der Waals surface area contributed by atoms with Crippen molar-refractivity contribution < 1.29 is 10.2 Å². The molecule has 0 amide bonds. The molecule has 0 radical (unpaired) electrons. The zero-order valence-corrected chi connectivity index (χ0v) is 9.38. The summed E-state index contributed by atoms with van der Waals surface area (Å²) < 4.78 is 0. The molecule has 86 valence electrons. The fourth-order valence-electron chi connectivity index (χ4n) is 1.73. The van der Waals surface area contributed by atoms with Crippen LogP contribution in [0.25, 0.3) is 5.57 Å². The summed E-state index contributed by atoms with van der Waals surface area (Å²) in [4.78, 5) is 0. The minimum atomic E-state index is -0.801. The van der Waals surface area contributed by atoms with Crippen molar-refractivity contribution in [3.63, 3.8) is 0 Å². The Hall–Kier alpha value is -2.06. The number of aromatic hydroxyl groups is 1. The predicted molar refractivity (Wildman–Crippen MR) is 68.5 cm³/mol. The molecule has 2 rings (SSSR count). The SMILES string of the molecule is C=C(c1ccccc1O)C(O)c1ccccc1. The van der Waals surface area contributed by atoms with E-state index in [1.165, 1.54) is 0 Å².